The van der Waals surface area contributed by atoms with Gasteiger partial charge in [0.05, 0.1) is 55.1 Å². The van der Waals surface area contributed by atoms with Crippen LogP contribution >= 0.6 is 0 Å². The van der Waals surface area contributed by atoms with E-state index < -0.39 is 40.0 Å². The molecule has 1 aliphatic heterocycles. The minimum atomic E-state index is -1.21. The number of benzene rings is 2. The molecule has 2 aromatic rings. The average Bonchev–Trinajstić information content (AvgIpc) is 2.87. The maximum absolute atomic E-state index is 14.3. The number of carbonyl (C=O) groups is 2. The Hall–Kier alpha value is -4.92. The van der Waals surface area contributed by atoms with Crippen molar-refractivity contribution in [3.05, 3.63) is 86.6 Å². The van der Waals surface area contributed by atoms with Crippen LogP contribution in [-0.2, 0) is 19.1 Å². The summed E-state index contributed by atoms with van der Waals surface area (Å²) in [6.07, 6.45) is 0. The molecule has 0 spiro atoms. The summed E-state index contributed by atoms with van der Waals surface area (Å²) in [6.45, 7) is 0. The summed E-state index contributed by atoms with van der Waals surface area (Å²) in [5.41, 5.74) is 4.57. The summed E-state index contributed by atoms with van der Waals surface area (Å²) in [7, 11) is 3.28. The first kappa shape index (κ1) is 24.7. The van der Waals surface area contributed by atoms with Gasteiger partial charge in [-0.2, -0.15) is 9.65 Å². The van der Waals surface area contributed by atoms with Crippen molar-refractivity contribution in [2.45, 2.75) is 5.92 Å². The van der Waals surface area contributed by atoms with Crippen molar-refractivity contribution in [2.75, 3.05) is 26.2 Å². The van der Waals surface area contributed by atoms with Crippen LogP contribution in [0.25, 0.3) is 0 Å². The smallest absolute Gasteiger partial charge is 0.355 e. The van der Waals surface area contributed by atoms with E-state index in [0.717, 1.165) is 38.4 Å². The summed E-state index contributed by atoms with van der Waals surface area (Å²) >= 11 is 0. The van der Waals surface area contributed by atoms with E-state index in [4.69, 9.17) is 19.9 Å². The Labute approximate surface area is 198 Å². The molecule has 12 heteroatoms. The second-order valence-corrected chi connectivity index (χ2v) is 7.07. The maximum Gasteiger partial charge on any atom is 0.355 e. The second kappa shape index (κ2) is 9.92. The number of allylic oxidation sites excluding steroid dienone is 1. The first-order chi connectivity index (χ1) is 16.7. The third-order valence-corrected chi connectivity index (χ3v) is 5.30. The van der Waals surface area contributed by atoms with Gasteiger partial charge in [0.1, 0.15) is 17.3 Å². The van der Waals surface area contributed by atoms with Crippen molar-refractivity contribution in [1.82, 2.24) is 0 Å². The monoisotopic (exact) mass is 482 g/mol. The molecule has 0 aromatic heterocycles. The topological polar surface area (TPSA) is 158 Å². The molecule has 1 aliphatic rings. The molecule has 2 aromatic carbocycles. The first-order valence-corrected chi connectivity index (χ1v) is 9.89. The van der Waals surface area contributed by atoms with Gasteiger partial charge in [-0.05, 0) is 5.56 Å². The highest BCUT2D eigenvalue weighted by Crippen LogP contribution is 2.46. The van der Waals surface area contributed by atoms with Crippen LogP contribution < -0.4 is 15.4 Å². The Morgan fingerprint density at radius 1 is 1.14 bits per heavy atom. The lowest BCUT2D eigenvalue weighted by Gasteiger charge is -2.36. The Kier molecular flexibility index (Phi) is 7.00. The number of nitriles is 1. The number of nitrogens with two attached hydrogens (primary N) is 1. The Morgan fingerprint density at radius 3 is 2.29 bits per heavy atom. The minimum Gasteiger partial charge on any atom is -0.494 e. The number of nitrogens with zero attached hydrogens (tertiary/aromatic N) is 3. The third-order valence-electron chi connectivity index (χ3n) is 5.30. The lowest BCUT2D eigenvalue weighted by atomic mass is 9.81. The molecule has 3 rings (SSSR count). The molecular weight excluding hydrogens is 463 g/mol. The molecule has 11 nitrogen and oxygen atoms in total. The summed E-state index contributed by atoms with van der Waals surface area (Å²) in [6, 6.07) is 11.7. The lowest BCUT2D eigenvalue weighted by molar-refractivity contribution is -0.387. The van der Waals surface area contributed by atoms with Crippen molar-refractivity contribution < 1.29 is 33.1 Å². The number of carbonyl (C=O) groups excluding carboxylic acids is 2. The number of nitro groups is 1. The quantitative estimate of drug-likeness (QED) is 0.368. The number of methoxy groups -OCH3 is 3. The standard InChI is InChI=1S/C23H19FN4O7/c1-33-17-9-14(24)15(28(31)32)10-16(17)27-20(23(30)35-3)19(22(29)34-2)18(13(11-25)21(27)26)12-7-5-4-6-8-12/h4-10,18H,26H2,1-3H3. The van der Waals surface area contributed by atoms with Crippen LogP contribution in [0.3, 0.4) is 0 Å². The number of esters is 2. The number of anilines is 1. The maximum atomic E-state index is 14.3. The number of rotatable bonds is 6. The fourth-order valence-corrected chi connectivity index (χ4v) is 3.77. The normalized spacial score (nSPS) is 15.4. The van der Waals surface area contributed by atoms with Gasteiger partial charge < -0.3 is 19.9 Å². The van der Waals surface area contributed by atoms with Crippen LogP contribution in [0.4, 0.5) is 15.8 Å². The predicted octanol–water partition coefficient (Wildman–Crippen LogP) is 2.64. The molecule has 1 heterocycles. The number of hydrogen-bond acceptors (Lipinski definition) is 10. The van der Waals surface area contributed by atoms with E-state index in [1.54, 1.807) is 30.3 Å². The molecule has 0 bridgehead atoms. The molecule has 0 radical (unpaired) electrons. The average molecular weight is 482 g/mol. The molecule has 180 valence electrons. The number of hydrogen-bond donors (Lipinski definition) is 1. The second-order valence-electron chi connectivity index (χ2n) is 7.07. The van der Waals surface area contributed by atoms with Crippen LogP contribution in [0.5, 0.6) is 5.75 Å². The lowest BCUT2D eigenvalue weighted by Crippen LogP contribution is -2.41. The summed E-state index contributed by atoms with van der Waals surface area (Å²) < 4.78 is 29.3. The zero-order chi connectivity index (χ0) is 25.9. The van der Waals surface area contributed by atoms with Gasteiger partial charge in [0.2, 0.25) is 5.82 Å². The van der Waals surface area contributed by atoms with Gasteiger partial charge in [-0.25, -0.2) is 9.59 Å². The molecule has 0 amide bonds. The van der Waals surface area contributed by atoms with E-state index >= 15 is 0 Å². The van der Waals surface area contributed by atoms with Crippen molar-refractivity contribution >= 4 is 23.3 Å². The van der Waals surface area contributed by atoms with Gasteiger partial charge in [-0.3, -0.25) is 15.0 Å². The SMILES string of the molecule is COC(=O)C1=C(C(=O)OC)N(c2cc([N+](=O)[O-])c(F)cc2OC)C(N)=C(C#N)C1c1ccccc1. The van der Waals surface area contributed by atoms with Crippen LogP contribution in [0, 0.1) is 27.3 Å². The highest BCUT2D eigenvalue weighted by molar-refractivity contribution is 6.06. The molecule has 0 aliphatic carbocycles. The molecule has 0 saturated carbocycles. The molecule has 35 heavy (non-hydrogen) atoms. The number of halogens is 1. The van der Waals surface area contributed by atoms with Crippen molar-refractivity contribution in [2.24, 2.45) is 5.73 Å². The van der Waals surface area contributed by atoms with E-state index in [2.05, 4.69) is 0 Å². The minimum absolute atomic E-state index is 0.168. The molecule has 1 unspecified atom stereocenters. The van der Waals surface area contributed by atoms with Gasteiger partial charge in [0.25, 0.3) is 0 Å². The van der Waals surface area contributed by atoms with Crippen molar-refractivity contribution in [1.29, 1.82) is 5.26 Å². The largest absolute Gasteiger partial charge is 0.494 e. The van der Waals surface area contributed by atoms with E-state index in [-0.39, 0.29) is 28.4 Å². The van der Waals surface area contributed by atoms with Gasteiger partial charge in [0.15, 0.2) is 0 Å². The zero-order valence-corrected chi connectivity index (χ0v) is 18.8. The third kappa shape index (κ3) is 4.22. The molecule has 0 fully saturated rings. The van der Waals surface area contributed by atoms with Crippen LogP contribution in [0.2, 0.25) is 0 Å². The number of nitro benzene ring substituents is 1. The summed E-state index contributed by atoms with van der Waals surface area (Å²) in [5.74, 6) is -5.03. The highest BCUT2D eigenvalue weighted by atomic mass is 19.1. The summed E-state index contributed by atoms with van der Waals surface area (Å²) in [5, 5.41) is 21.4. The molecular formula is C23H19FN4O7. The van der Waals surface area contributed by atoms with E-state index in [0.29, 0.717) is 5.56 Å². The number of ether oxygens (including phenoxy) is 3. The molecule has 2 N–H and O–H groups in total. The fourth-order valence-electron chi connectivity index (χ4n) is 3.77. The van der Waals surface area contributed by atoms with E-state index in [9.17, 15) is 29.4 Å². The first-order valence-electron chi connectivity index (χ1n) is 9.89. The summed E-state index contributed by atoms with van der Waals surface area (Å²) in [4.78, 5) is 37.4. The zero-order valence-electron chi connectivity index (χ0n) is 18.8. The van der Waals surface area contributed by atoms with Crippen LogP contribution in [-0.4, -0.2) is 38.2 Å². The van der Waals surface area contributed by atoms with Gasteiger partial charge in [-0.15, -0.1) is 0 Å². The Bertz CT molecular complexity index is 1320. The van der Waals surface area contributed by atoms with Crippen LogP contribution in [0.1, 0.15) is 11.5 Å². The Morgan fingerprint density at radius 2 is 1.77 bits per heavy atom. The van der Waals surface area contributed by atoms with E-state index in [1.807, 2.05) is 6.07 Å². The van der Waals surface area contributed by atoms with Gasteiger partial charge in [0, 0.05) is 12.1 Å². The van der Waals surface area contributed by atoms with E-state index in [1.165, 1.54) is 0 Å². The fraction of sp³-hybridized carbons (Fsp3) is 0.174. The van der Waals surface area contributed by atoms with Crippen molar-refractivity contribution in [3.63, 3.8) is 0 Å². The van der Waals surface area contributed by atoms with Crippen molar-refractivity contribution in [3.8, 4) is 11.8 Å². The van der Waals surface area contributed by atoms with Gasteiger partial charge >= 0.3 is 17.6 Å². The predicted molar refractivity (Wildman–Crippen MR) is 119 cm³/mol. The molecule has 1 atom stereocenters. The van der Waals surface area contributed by atoms with Crippen LogP contribution in [0.15, 0.2) is 65.1 Å². The highest BCUT2D eigenvalue weighted by Gasteiger charge is 2.44. The van der Waals surface area contributed by atoms with Gasteiger partial charge in [-0.1, -0.05) is 30.3 Å². The molecule has 0 saturated heterocycles. The Balaban J connectivity index is 2.50.